The number of guanidine groups is 1. The van der Waals surface area contributed by atoms with Gasteiger partial charge in [-0.3, -0.25) is 4.79 Å². The third-order valence-corrected chi connectivity index (χ3v) is 4.27. The van der Waals surface area contributed by atoms with Gasteiger partial charge in [-0.05, 0) is 48.9 Å². The zero-order valence-electron chi connectivity index (χ0n) is 17.3. The molecule has 7 nitrogen and oxygen atoms in total. The SMILES string of the molecule is CCNC(=NCc1ccc(OC)c(OC)c1)NCCNC(=O)c1ccc(Cl)cc1.I. The Balaban J connectivity index is 0.00000450. The van der Waals surface area contributed by atoms with Gasteiger partial charge in [-0.25, -0.2) is 4.99 Å². The van der Waals surface area contributed by atoms with E-state index in [4.69, 9.17) is 21.1 Å². The van der Waals surface area contributed by atoms with Crippen molar-refractivity contribution in [2.24, 2.45) is 4.99 Å². The Bertz CT molecular complexity index is 832. The van der Waals surface area contributed by atoms with E-state index >= 15 is 0 Å². The zero-order chi connectivity index (χ0) is 21.1. The van der Waals surface area contributed by atoms with Crippen LogP contribution in [-0.4, -0.2) is 45.7 Å². The van der Waals surface area contributed by atoms with Crippen LogP contribution in [0.25, 0.3) is 0 Å². The Labute approximate surface area is 199 Å². The molecule has 0 aliphatic heterocycles. The van der Waals surface area contributed by atoms with Crippen LogP contribution in [0, 0.1) is 0 Å². The van der Waals surface area contributed by atoms with E-state index in [0.29, 0.717) is 47.7 Å². The predicted molar refractivity (Wildman–Crippen MR) is 132 cm³/mol. The average Bonchev–Trinajstić information content (AvgIpc) is 2.74. The minimum absolute atomic E-state index is 0. The largest absolute Gasteiger partial charge is 0.493 e. The number of ether oxygens (including phenoxy) is 2. The Morgan fingerprint density at radius 2 is 1.63 bits per heavy atom. The molecular weight excluding hydrogens is 519 g/mol. The minimum atomic E-state index is -0.143. The maximum atomic E-state index is 12.1. The topological polar surface area (TPSA) is 84.0 Å². The van der Waals surface area contributed by atoms with E-state index in [1.54, 1.807) is 38.5 Å². The van der Waals surface area contributed by atoms with Crippen molar-refractivity contribution in [2.75, 3.05) is 33.9 Å². The number of carbonyl (C=O) groups excluding carboxylic acids is 1. The highest BCUT2D eigenvalue weighted by Gasteiger charge is 2.06. The summed E-state index contributed by atoms with van der Waals surface area (Å²) in [5.74, 6) is 1.88. The number of hydrogen-bond acceptors (Lipinski definition) is 4. The van der Waals surface area contributed by atoms with Gasteiger partial charge in [0.1, 0.15) is 0 Å². The first-order valence-electron chi connectivity index (χ1n) is 9.34. The van der Waals surface area contributed by atoms with Crippen molar-refractivity contribution in [1.82, 2.24) is 16.0 Å². The van der Waals surface area contributed by atoms with E-state index in [2.05, 4.69) is 20.9 Å². The first kappa shape index (κ1) is 25.8. The van der Waals surface area contributed by atoms with Crippen molar-refractivity contribution >= 4 is 47.4 Å². The summed E-state index contributed by atoms with van der Waals surface area (Å²) in [5.41, 5.74) is 1.57. The first-order valence-corrected chi connectivity index (χ1v) is 9.72. The number of rotatable bonds is 9. The van der Waals surface area contributed by atoms with Gasteiger partial charge in [-0.1, -0.05) is 17.7 Å². The smallest absolute Gasteiger partial charge is 0.251 e. The number of nitrogens with zero attached hydrogens (tertiary/aromatic N) is 1. The third-order valence-electron chi connectivity index (χ3n) is 4.02. The van der Waals surface area contributed by atoms with Crippen molar-refractivity contribution in [3.8, 4) is 11.5 Å². The Morgan fingerprint density at radius 3 is 2.27 bits per heavy atom. The quantitative estimate of drug-likeness (QED) is 0.194. The van der Waals surface area contributed by atoms with Crippen LogP contribution in [0.3, 0.4) is 0 Å². The number of benzene rings is 2. The van der Waals surface area contributed by atoms with Gasteiger partial charge in [0.15, 0.2) is 17.5 Å². The van der Waals surface area contributed by atoms with Crippen molar-refractivity contribution in [3.63, 3.8) is 0 Å². The number of halogens is 2. The molecule has 0 atom stereocenters. The molecule has 0 fully saturated rings. The summed E-state index contributed by atoms with van der Waals surface area (Å²) in [7, 11) is 3.21. The molecule has 2 aromatic rings. The van der Waals surface area contributed by atoms with Crippen LogP contribution in [-0.2, 0) is 6.54 Å². The lowest BCUT2D eigenvalue weighted by molar-refractivity contribution is 0.0954. The molecule has 3 N–H and O–H groups in total. The number of methoxy groups -OCH3 is 2. The Morgan fingerprint density at radius 1 is 0.967 bits per heavy atom. The monoisotopic (exact) mass is 546 g/mol. The van der Waals surface area contributed by atoms with Gasteiger partial charge in [0.25, 0.3) is 5.91 Å². The highest BCUT2D eigenvalue weighted by Crippen LogP contribution is 2.27. The Hall–Kier alpha value is -2.20. The molecule has 30 heavy (non-hydrogen) atoms. The minimum Gasteiger partial charge on any atom is -0.493 e. The lowest BCUT2D eigenvalue weighted by atomic mass is 10.2. The third kappa shape index (κ3) is 8.27. The summed E-state index contributed by atoms with van der Waals surface area (Å²) in [4.78, 5) is 16.7. The molecule has 164 valence electrons. The maximum Gasteiger partial charge on any atom is 0.251 e. The molecule has 0 bridgehead atoms. The summed E-state index contributed by atoms with van der Waals surface area (Å²) >= 11 is 5.84. The van der Waals surface area contributed by atoms with Gasteiger partial charge in [0.2, 0.25) is 0 Å². The molecule has 0 spiro atoms. The second-order valence-electron chi connectivity index (χ2n) is 6.07. The average molecular weight is 547 g/mol. The van der Waals surface area contributed by atoms with Crippen molar-refractivity contribution < 1.29 is 14.3 Å². The Kier molecular flexibility index (Phi) is 12.0. The van der Waals surface area contributed by atoms with Crippen LogP contribution in [0.5, 0.6) is 11.5 Å². The van der Waals surface area contributed by atoms with Gasteiger partial charge < -0.3 is 25.4 Å². The molecule has 0 radical (unpaired) electrons. The normalized spacial score (nSPS) is 10.6. The zero-order valence-corrected chi connectivity index (χ0v) is 20.4. The number of nitrogens with one attached hydrogen (secondary N) is 3. The van der Waals surface area contributed by atoms with E-state index in [0.717, 1.165) is 12.1 Å². The second-order valence-corrected chi connectivity index (χ2v) is 6.51. The van der Waals surface area contributed by atoms with Crippen LogP contribution < -0.4 is 25.4 Å². The molecule has 0 aliphatic carbocycles. The molecule has 0 saturated heterocycles. The lowest BCUT2D eigenvalue weighted by Crippen LogP contribution is -2.41. The van der Waals surface area contributed by atoms with Crippen LogP contribution in [0.4, 0.5) is 0 Å². The molecule has 9 heteroatoms. The van der Waals surface area contributed by atoms with E-state index in [1.165, 1.54) is 0 Å². The maximum absolute atomic E-state index is 12.1. The van der Waals surface area contributed by atoms with Crippen molar-refractivity contribution in [3.05, 3.63) is 58.6 Å². The molecule has 2 rings (SSSR count). The molecule has 0 aromatic heterocycles. The fourth-order valence-corrected chi connectivity index (χ4v) is 2.68. The van der Waals surface area contributed by atoms with Crippen molar-refractivity contribution in [1.29, 1.82) is 0 Å². The molecule has 2 aromatic carbocycles. The van der Waals surface area contributed by atoms with Crippen LogP contribution in [0.15, 0.2) is 47.5 Å². The summed E-state index contributed by atoms with van der Waals surface area (Å²) in [5, 5.41) is 9.85. The molecule has 1 amide bonds. The summed E-state index contributed by atoms with van der Waals surface area (Å²) in [6.07, 6.45) is 0. The van der Waals surface area contributed by atoms with Gasteiger partial charge in [-0.15, -0.1) is 24.0 Å². The number of aliphatic imine (C=N–C) groups is 1. The van der Waals surface area contributed by atoms with Gasteiger partial charge in [0, 0.05) is 30.2 Å². The number of hydrogen-bond donors (Lipinski definition) is 3. The highest BCUT2D eigenvalue weighted by atomic mass is 127. The predicted octanol–water partition coefficient (Wildman–Crippen LogP) is 3.46. The molecule has 0 heterocycles. The van der Waals surface area contributed by atoms with Gasteiger partial charge in [0.05, 0.1) is 20.8 Å². The van der Waals surface area contributed by atoms with Crippen LogP contribution in [0.2, 0.25) is 5.02 Å². The first-order chi connectivity index (χ1) is 14.1. The van der Waals surface area contributed by atoms with Gasteiger partial charge >= 0.3 is 0 Å². The molecule has 0 saturated carbocycles. The standard InChI is InChI=1S/C21H27ClN4O3.HI/c1-4-23-21(26-14-15-5-10-18(28-2)19(13-15)29-3)25-12-11-24-20(27)16-6-8-17(22)9-7-16;/h5-10,13H,4,11-12,14H2,1-3H3,(H,24,27)(H2,23,25,26);1H. The van der Waals surface area contributed by atoms with Crippen LogP contribution >= 0.6 is 35.6 Å². The molecule has 0 unspecified atom stereocenters. The molecule has 0 aliphatic rings. The fourth-order valence-electron chi connectivity index (χ4n) is 2.55. The fraction of sp³-hybridized carbons (Fsp3) is 0.333. The summed E-state index contributed by atoms with van der Waals surface area (Å²) in [6.45, 7) is 4.21. The number of carbonyl (C=O) groups is 1. The van der Waals surface area contributed by atoms with Gasteiger partial charge in [-0.2, -0.15) is 0 Å². The van der Waals surface area contributed by atoms with Crippen molar-refractivity contribution in [2.45, 2.75) is 13.5 Å². The summed E-state index contributed by atoms with van der Waals surface area (Å²) in [6, 6.07) is 12.5. The number of amides is 1. The van der Waals surface area contributed by atoms with E-state index in [-0.39, 0.29) is 29.9 Å². The van der Waals surface area contributed by atoms with E-state index < -0.39 is 0 Å². The van der Waals surface area contributed by atoms with E-state index in [9.17, 15) is 4.79 Å². The molecular formula is C21H28ClIN4O3. The lowest BCUT2D eigenvalue weighted by Gasteiger charge is -2.12. The second kappa shape index (κ2) is 13.9. The summed E-state index contributed by atoms with van der Waals surface area (Å²) < 4.78 is 10.6. The van der Waals surface area contributed by atoms with Crippen LogP contribution in [0.1, 0.15) is 22.8 Å². The highest BCUT2D eigenvalue weighted by molar-refractivity contribution is 14.0. The van der Waals surface area contributed by atoms with E-state index in [1.807, 2.05) is 25.1 Å².